The van der Waals surface area contributed by atoms with Gasteiger partial charge >= 0.3 is 5.91 Å². The summed E-state index contributed by atoms with van der Waals surface area (Å²) in [5, 5.41) is 23.5. The number of aromatic nitrogens is 1. The molecule has 0 bridgehead atoms. The first-order chi connectivity index (χ1) is 15.3. The number of ketones is 1. The number of carbonyl (C=O) groups is 2. The average Bonchev–Trinajstić information content (AvgIpc) is 3.38. The molecule has 3 aromatic rings. The molecule has 1 fully saturated rings. The van der Waals surface area contributed by atoms with Gasteiger partial charge in [0.25, 0.3) is 5.78 Å². The number of hydrogen-bond acceptors (Lipinski definition) is 7. The lowest BCUT2D eigenvalue weighted by atomic mass is 9.93. The number of phenolic OH excluding ortho intramolecular Hbond substituents is 1. The molecule has 0 spiro atoms. The van der Waals surface area contributed by atoms with Gasteiger partial charge < -0.3 is 14.9 Å². The van der Waals surface area contributed by atoms with Crippen molar-refractivity contribution in [2.45, 2.75) is 26.8 Å². The first kappa shape index (κ1) is 21.6. The predicted molar refractivity (Wildman–Crippen MR) is 122 cm³/mol. The van der Waals surface area contributed by atoms with Crippen molar-refractivity contribution in [3.05, 3.63) is 75.8 Å². The second kappa shape index (κ2) is 8.47. The number of aliphatic hydroxyl groups excluding tert-OH is 1. The maximum Gasteiger partial charge on any atom is 0.301 e. The van der Waals surface area contributed by atoms with Gasteiger partial charge in [0.05, 0.1) is 18.2 Å². The highest BCUT2D eigenvalue weighted by atomic mass is 32.1. The summed E-state index contributed by atoms with van der Waals surface area (Å²) in [6.45, 7) is 5.82. The number of aryl methyl sites for hydroxylation is 2. The Balaban J connectivity index is 1.98. The summed E-state index contributed by atoms with van der Waals surface area (Å²) in [5.74, 6) is -1.66. The van der Waals surface area contributed by atoms with E-state index in [1.165, 1.54) is 22.3 Å². The first-order valence-electron chi connectivity index (χ1n) is 10.1. The molecule has 0 aliphatic carbocycles. The average molecular weight is 451 g/mol. The Morgan fingerprint density at radius 3 is 2.66 bits per heavy atom. The summed E-state index contributed by atoms with van der Waals surface area (Å²) < 4.78 is 5.50. The van der Waals surface area contributed by atoms with E-state index in [0.29, 0.717) is 22.9 Å². The summed E-state index contributed by atoms with van der Waals surface area (Å²) >= 11 is 1.21. The third-order valence-corrected chi connectivity index (χ3v) is 6.09. The van der Waals surface area contributed by atoms with Crippen LogP contribution in [-0.2, 0) is 9.59 Å². The Morgan fingerprint density at radius 2 is 1.97 bits per heavy atom. The molecule has 1 amide bonds. The number of rotatable bonds is 5. The zero-order valence-electron chi connectivity index (χ0n) is 17.8. The molecule has 0 saturated carbocycles. The summed E-state index contributed by atoms with van der Waals surface area (Å²) in [6, 6.07) is 9.23. The Kier molecular flexibility index (Phi) is 5.71. The van der Waals surface area contributed by atoms with Gasteiger partial charge in [-0.2, -0.15) is 0 Å². The minimum Gasteiger partial charge on any atom is -0.507 e. The minimum absolute atomic E-state index is 0.0351. The number of nitrogens with zero attached hydrogens (tertiary/aromatic N) is 2. The van der Waals surface area contributed by atoms with Gasteiger partial charge in [-0.1, -0.05) is 23.8 Å². The number of phenols is 1. The minimum atomic E-state index is -0.930. The Labute approximate surface area is 189 Å². The zero-order chi connectivity index (χ0) is 23.0. The molecule has 7 nitrogen and oxygen atoms in total. The van der Waals surface area contributed by atoms with Crippen LogP contribution in [0, 0.1) is 13.8 Å². The number of thiazole rings is 1. The molecule has 1 aliphatic heterocycles. The van der Waals surface area contributed by atoms with Crippen molar-refractivity contribution >= 4 is 33.9 Å². The van der Waals surface area contributed by atoms with Crippen LogP contribution < -0.4 is 9.64 Å². The molecule has 2 N–H and O–H groups in total. The van der Waals surface area contributed by atoms with Gasteiger partial charge in [-0.05, 0) is 50.1 Å². The van der Waals surface area contributed by atoms with Crippen LogP contribution in [-0.4, -0.2) is 33.5 Å². The molecule has 4 rings (SSSR count). The molecule has 1 aliphatic rings. The second-order valence-corrected chi connectivity index (χ2v) is 8.34. The van der Waals surface area contributed by atoms with Gasteiger partial charge in [0.15, 0.2) is 16.6 Å². The van der Waals surface area contributed by atoms with E-state index in [4.69, 9.17) is 4.74 Å². The van der Waals surface area contributed by atoms with E-state index in [-0.39, 0.29) is 22.8 Å². The van der Waals surface area contributed by atoms with Gasteiger partial charge in [-0.15, -0.1) is 11.3 Å². The van der Waals surface area contributed by atoms with E-state index in [1.54, 1.807) is 36.7 Å². The Morgan fingerprint density at radius 1 is 1.19 bits per heavy atom. The molecule has 8 heteroatoms. The molecule has 0 radical (unpaired) electrons. The van der Waals surface area contributed by atoms with E-state index in [2.05, 4.69) is 4.98 Å². The molecule has 2 heterocycles. The van der Waals surface area contributed by atoms with Crippen LogP contribution in [0.1, 0.15) is 35.2 Å². The number of ether oxygens (including phenoxy) is 1. The van der Waals surface area contributed by atoms with Crippen LogP contribution >= 0.6 is 11.3 Å². The fraction of sp³-hybridized carbons (Fsp3) is 0.208. The summed E-state index contributed by atoms with van der Waals surface area (Å²) in [4.78, 5) is 31.8. The number of aliphatic hydroxyl groups is 1. The van der Waals surface area contributed by atoms with Crippen molar-refractivity contribution < 1.29 is 24.5 Å². The molecule has 32 heavy (non-hydrogen) atoms. The number of amides is 1. The van der Waals surface area contributed by atoms with Gasteiger partial charge in [-0.25, -0.2) is 4.98 Å². The topological polar surface area (TPSA) is 100.0 Å². The third kappa shape index (κ3) is 3.62. The molecule has 0 unspecified atom stereocenters. The van der Waals surface area contributed by atoms with E-state index in [1.807, 2.05) is 26.0 Å². The van der Waals surface area contributed by atoms with Crippen LogP contribution in [0.3, 0.4) is 0 Å². The lowest BCUT2D eigenvalue weighted by Gasteiger charge is -2.23. The number of hydrogen-bond donors (Lipinski definition) is 2. The molecule has 1 atom stereocenters. The lowest BCUT2D eigenvalue weighted by Crippen LogP contribution is -2.29. The maximum absolute atomic E-state index is 13.2. The first-order valence-corrected chi connectivity index (χ1v) is 10.9. The fourth-order valence-electron chi connectivity index (χ4n) is 3.79. The molecular formula is C24H22N2O5S. The summed E-state index contributed by atoms with van der Waals surface area (Å²) in [7, 11) is 0. The molecule has 2 aromatic carbocycles. The predicted octanol–water partition coefficient (Wildman–Crippen LogP) is 4.49. The van der Waals surface area contributed by atoms with Crippen molar-refractivity contribution in [3.8, 4) is 11.5 Å². The quantitative estimate of drug-likeness (QED) is 0.338. The number of aromatic hydroxyl groups is 1. The van der Waals surface area contributed by atoms with Crippen molar-refractivity contribution in [1.82, 2.24) is 4.98 Å². The smallest absolute Gasteiger partial charge is 0.301 e. The van der Waals surface area contributed by atoms with Crippen molar-refractivity contribution in [1.29, 1.82) is 0 Å². The Bertz CT molecular complexity index is 1230. The lowest BCUT2D eigenvalue weighted by molar-refractivity contribution is -0.132. The highest BCUT2D eigenvalue weighted by molar-refractivity contribution is 7.14. The normalized spacial score (nSPS) is 17.7. The van der Waals surface area contributed by atoms with E-state index in [9.17, 15) is 19.8 Å². The van der Waals surface area contributed by atoms with E-state index < -0.39 is 17.7 Å². The van der Waals surface area contributed by atoms with Gasteiger partial charge in [0.1, 0.15) is 5.76 Å². The fourth-order valence-corrected chi connectivity index (χ4v) is 4.46. The highest BCUT2D eigenvalue weighted by Crippen LogP contribution is 2.44. The van der Waals surface area contributed by atoms with Crippen LogP contribution in [0.2, 0.25) is 0 Å². The largest absolute Gasteiger partial charge is 0.507 e. The number of carbonyl (C=O) groups excluding carboxylic acids is 2. The van der Waals surface area contributed by atoms with Gasteiger partial charge in [0.2, 0.25) is 0 Å². The van der Waals surface area contributed by atoms with Crippen molar-refractivity contribution in [2.75, 3.05) is 11.5 Å². The summed E-state index contributed by atoms with van der Waals surface area (Å²) in [6.07, 6.45) is 1.55. The van der Waals surface area contributed by atoms with Crippen molar-refractivity contribution in [3.63, 3.8) is 0 Å². The van der Waals surface area contributed by atoms with E-state index in [0.717, 1.165) is 11.1 Å². The monoisotopic (exact) mass is 450 g/mol. The molecular weight excluding hydrogens is 428 g/mol. The van der Waals surface area contributed by atoms with Crippen LogP contribution in [0.5, 0.6) is 11.5 Å². The molecule has 1 saturated heterocycles. The molecule has 1 aromatic heterocycles. The van der Waals surface area contributed by atoms with Crippen LogP contribution in [0.4, 0.5) is 5.13 Å². The van der Waals surface area contributed by atoms with Crippen LogP contribution in [0.25, 0.3) is 5.76 Å². The standard InChI is InChI=1S/C24H22N2O5S/c1-4-31-18-12-15(7-8-17(18)27)20-19(21(28)16-11-13(2)5-6-14(16)3)22(29)23(30)26(20)24-25-9-10-32-24/h5-12,20,27-28H,4H2,1-3H3/t20-/m0/s1. The Hall–Kier alpha value is -3.65. The zero-order valence-corrected chi connectivity index (χ0v) is 18.6. The van der Waals surface area contributed by atoms with Crippen molar-refractivity contribution in [2.24, 2.45) is 0 Å². The summed E-state index contributed by atoms with van der Waals surface area (Å²) in [5.41, 5.74) is 2.63. The number of benzene rings is 2. The van der Waals surface area contributed by atoms with E-state index >= 15 is 0 Å². The highest BCUT2D eigenvalue weighted by Gasteiger charge is 2.48. The number of anilines is 1. The maximum atomic E-state index is 13.2. The van der Waals surface area contributed by atoms with Gasteiger partial charge in [-0.3, -0.25) is 14.5 Å². The second-order valence-electron chi connectivity index (χ2n) is 7.46. The SMILES string of the molecule is CCOc1cc([C@H]2C(=C(O)c3cc(C)ccc3C)C(=O)C(=O)N2c2nccs2)ccc1O. The van der Waals surface area contributed by atoms with Crippen LogP contribution in [0.15, 0.2) is 53.5 Å². The third-order valence-electron chi connectivity index (χ3n) is 5.32. The van der Waals surface area contributed by atoms with Gasteiger partial charge in [0, 0.05) is 17.1 Å². The number of Topliss-reactive ketones (excluding diaryl/α,β-unsaturated/α-hetero) is 1. The molecule has 164 valence electrons.